The van der Waals surface area contributed by atoms with E-state index in [1.54, 1.807) is 0 Å². The molecule has 17 heavy (non-hydrogen) atoms. The van der Waals surface area contributed by atoms with Crippen LogP contribution in [0.25, 0.3) is 0 Å². The highest BCUT2D eigenvalue weighted by Crippen LogP contribution is 2.15. The summed E-state index contributed by atoms with van der Waals surface area (Å²) in [5.41, 5.74) is 0. The van der Waals surface area contributed by atoms with Gasteiger partial charge in [-0.05, 0) is 39.4 Å². The first kappa shape index (κ1) is 14.2. The summed E-state index contributed by atoms with van der Waals surface area (Å²) in [5.74, 6) is 0.976. The van der Waals surface area contributed by atoms with Crippen LogP contribution in [0.4, 0.5) is 5.95 Å². The van der Waals surface area contributed by atoms with Crippen molar-refractivity contribution in [3.05, 3.63) is 4.77 Å². The van der Waals surface area contributed by atoms with Crippen molar-refractivity contribution >= 4 is 18.2 Å². The van der Waals surface area contributed by atoms with Crippen LogP contribution in [0.1, 0.15) is 47.0 Å². The first-order valence-corrected chi connectivity index (χ1v) is 6.94. The minimum Gasteiger partial charge on any atom is -0.339 e. The molecule has 1 heterocycles. The second-order valence-electron chi connectivity index (χ2n) is 4.57. The number of aromatic amines is 1. The molecule has 0 saturated carbocycles. The Morgan fingerprint density at radius 3 is 2.59 bits per heavy atom. The van der Waals surface area contributed by atoms with Crippen molar-refractivity contribution < 1.29 is 0 Å². The van der Waals surface area contributed by atoms with E-state index < -0.39 is 0 Å². The van der Waals surface area contributed by atoms with Gasteiger partial charge in [0.05, 0.1) is 0 Å². The lowest BCUT2D eigenvalue weighted by Gasteiger charge is -2.27. The summed E-state index contributed by atoms with van der Waals surface area (Å²) in [6.07, 6.45) is 3.71. The van der Waals surface area contributed by atoms with Gasteiger partial charge >= 0.3 is 0 Å². The van der Waals surface area contributed by atoms with Crippen molar-refractivity contribution in [2.75, 3.05) is 11.4 Å². The number of unbranched alkanes of at least 4 members (excludes halogenated alkanes) is 2. The topological polar surface area (TPSA) is 36.9 Å². The summed E-state index contributed by atoms with van der Waals surface area (Å²) in [6.45, 7) is 10.6. The predicted molar refractivity (Wildman–Crippen MR) is 75.1 cm³/mol. The molecule has 0 unspecified atom stereocenters. The fraction of sp³-hybridized carbons (Fsp3) is 0.833. The van der Waals surface area contributed by atoms with E-state index >= 15 is 0 Å². The van der Waals surface area contributed by atoms with Crippen LogP contribution in [-0.2, 0) is 6.54 Å². The van der Waals surface area contributed by atoms with Gasteiger partial charge in [0.25, 0.3) is 0 Å². The maximum atomic E-state index is 5.23. The van der Waals surface area contributed by atoms with Gasteiger partial charge in [-0.1, -0.05) is 19.8 Å². The second-order valence-corrected chi connectivity index (χ2v) is 4.95. The summed E-state index contributed by atoms with van der Waals surface area (Å²) >= 11 is 5.23. The molecule has 0 aliphatic heterocycles. The minimum absolute atomic E-state index is 0.447. The van der Waals surface area contributed by atoms with E-state index in [9.17, 15) is 0 Å². The van der Waals surface area contributed by atoms with E-state index in [2.05, 4.69) is 47.4 Å². The quantitative estimate of drug-likeness (QED) is 0.600. The number of anilines is 1. The number of rotatable bonds is 7. The van der Waals surface area contributed by atoms with E-state index in [0.717, 1.165) is 19.0 Å². The Labute approximate surface area is 109 Å². The molecule has 0 aliphatic carbocycles. The zero-order chi connectivity index (χ0) is 12.8. The van der Waals surface area contributed by atoms with E-state index in [1.165, 1.54) is 19.3 Å². The van der Waals surface area contributed by atoms with Crippen LogP contribution >= 0.6 is 12.2 Å². The van der Waals surface area contributed by atoms with Crippen LogP contribution in [0.15, 0.2) is 0 Å². The first-order valence-electron chi connectivity index (χ1n) is 6.53. The maximum Gasteiger partial charge on any atom is 0.225 e. The van der Waals surface area contributed by atoms with Crippen LogP contribution in [0.5, 0.6) is 0 Å². The van der Waals surface area contributed by atoms with Gasteiger partial charge in [0.2, 0.25) is 5.95 Å². The largest absolute Gasteiger partial charge is 0.339 e. The SMILES string of the molecule is CCCCCN(c1n[nH]c(=S)n1CC)C(C)C. The number of nitrogens with zero attached hydrogens (tertiary/aromatic N) is 3. The molecule has 0 amide bonds. The highest BCUT2D eigenvalue weighted by molar-refractivity contribution is 7.71. The summed E-state index contributed by atoms with van der Waals surface area (Å²) < 4.78 is 2.77. The predicted octanol–water partition coefficient (Wildman–Crippen LogP) is 3.37. The summed E-state index contributed by atoms with van der Waals surface area (Å²) in [4.78, 5) is 2.32. The molecule has 1 aromatic rings. The Morgan fingerprint density at radius 1 is 1.35 bits per heavy atom. The lowest BCUT2D eigenvalue weighted by Crippen LogP contribution is -2.34. The number of aromatic nitrogens is 3. The van der Waals surface area contributed by atoms with Crippen molar-refractivity contribution in [2.24, 2.45) is 0 Å². The molecule has 4 nitrogen and oxygen atoms in total. The summed E-state index contributed by atoms with van der Waals surface area (Å²) in [7, 11) is 0. The van der Waals surface area contributed by atoms with Gasteiger partial charge in [0.1, 0.15) is 0 Å². The average molecular weight is 256 g/mol. The molecule has 0 aliphatic rings. The van der Waals surface area contributed by atoms with Gasteiger partial charge in [0, 0.05) is 19.1 Å². The zero-order valence-corrected chi connectivity index (χ0v) is 12.2. The number of H-pyrrole nitrogens is 1. The van der Waals surface area contributed by atoms with Crippen LogP contribution in [0.2, 0.25) is 0 Å². The lowest BCUT2D eigenvalue weighted by atomic mass is 10.2. The molecule has 1 rings (SSSR count). The van der Waals surface area contributed by atoms with Crippen molar-refractivity contribution in [3.8, 4) is 0 Å². The Bertz CT molecular complexity index is 380. The van der Waals surface area contributed by atoms with Gasteiger partial charge in [-0.3, -0.25) is 4.57 Å². The third-order valence-corrected chi connectivity index (χ3v) is 3.25. The van der Waals surface area contributed by atoms with Gasteiger partial charge in [-0.15, -0.1) is 5.10 Å². The van der Waals surface area contributed by atoms with E-state index in [-0.39, 0.29) is 0 Å². The molecule has 0 aromatic carbocycles. The standard InChI is InChI=1S/C12H24N4S/c1-5-7-8-9-16(10(3)4)11-13-14-12(17)15(11)6-2/h10H,5-9H2,1-4H3,(H,14,17). The van der Waals surface area contributed by atoms with Gasteiger partial charge in [0.15, 0.2) is 4.77 Å². The maximum absolute atomic E-state index is 5.23. The Hall–Kier alpha value is -0.840. The lowest BCUT2D eigenvalue weighted by molar-refractivity contribution is 0.592. The zero-order valence-electron chi connectivity index (χ0n) is 11.4. The molecule has 5 heteroatoms. The number of hydrogen-bond acceptors (Lipinski definition) is 3. The monoisotopic (exact) mass is 256 g/mol. The summed E-state index contributed by atoms with van der Waals surface area (Å²) in [5, 5.41) is 7.25. The second kappa shape index (κ2) is 6.79. The molecule has 0 bridgehead atoms. The molecular formula is C12H24N4S. The highest BCUT2D eigenvalue weighted by Gasteiger charge is 2.16. The molecule has 1 aromatic heterocycles. The average Bonchev–Trinajstić information content (AvgIpc) is 2.65. The van der Waals surface area contributed by atoms with Crippen molar-refractivity contribution in [1.29, 1.82) is 0 Å². The highest BCUT2D eigenvalue weighted by atomic mass is 32.1. The van der Waals surface area contributed by atoms with Crippen molar-refractivity contribution in [3.63, 3.8) is 0 Å². The molecule has 1 N–H and O–H groups in total. The molecule has 0 saturated heterocycles. The van der Waals surface area contributed by atoms with Crippen LogP contribution in [0, 0.1) is 4.77 Å². The van der Waals surface area contributed by atoms with E-state index in [0.29, 0.717) is 10.8 Å². The minimum atomic E-state index is 0.447. The van der Waals surface area contributed by atoms with E-state index in [1.807, 2.05) is 0 Å². The number of nitrogens with one attached hydrogen (secondary N) is 1. The normalized spacial score (nSPS) is 11.1. The Balaban J connectivity index is 2.85. The first-order chi connectivity index (χ1) is 8.11. The Kier molecular flexibility index (Phi) is 5.68. The van der Waals surface area contributed by atoms with Crippen molar-refractivity contribution in [2.45, 2.75) is 59.5 Å². The molecule has 98 valence electrons. The fourth-order valence-corrected chi connectivity index (χ4v) is 2.19. The van der Waals surface area contributed by atoms with Gasteiger partial charge < -0.3 is 4.90 Å². The number of hydrogen-bond donors (Lipinski definition) is 1. The fourth-order valence-electron chi connectivity index (χ4n) is 1.93. The summed E-state index contributed by atoms with van der Waals surface area (Å²) in [6, 6.07) is 0.447. The van der Waals surface area contributed by atoms with E-state index in [4.69, 9.17) is 12.2 Å². The molecule has 0 spiro atoms. The molecular weight excluding hydrogens is 232 g/mol. The molecule has 0 fully saturated rings. The van der Waals surface area contributed by atoms with Gasteiger partial charge in [-0.2, -0.15) is 0 Å². The smallest absolute Gasteiger partial charge is 0.225 e. The molecule has 0 atom stereocenters. The third kappa shape index (κ3) is 3.56. The third-order valence-electron chi connectivity index (χ3n) is 2.94. The van der Waals surface area contributed by atoms with Crippen molar-refractivity contribution in [1.82, 2.24) is 14.8 Å². The molecule has 0 radical (unpaired) electrons. The van der Waals surface area contributed by atoms with Crippen LogP contribution in [-0.4, -0.2) is 27.4 Å². The van der Waals surface area contributed by atoms with Gasteiger partial charge in [-0.25, -0.2) is 5.10 Å². The van der Waals surface area contributed by atoms with Crippen LogP contribution in [0.3, 0.4) is 0 Å². The Morgan fingerprint density at radius 2 is 2.06 bits per heavy atom. The van der Waals surface area contributed by atoms with Crippen LogP contribution < -0.4 is 4.90 Å².